The number of nitrogens with zero attached hydrogens (tertiary/aromatic N) is 1. The molecule has 0 aliphatic carbocycles. The molecule has 0 rings (SSSR count). The summed E-state index contributed by atoms with van der Waals surface area (Å²) in [7, 11) is -3.15. The van der Waals surface area contributed by atoms with Gasteiger partial charge in [0, 0.05) is 37.8 Å². The average Bonchev–Trinajstić information content (AvgIpc) is 2.36. The summed E-state index contributed by atoms with van der Waals surface area (Å²) in [6.07, 6.45) is 1.78. The van der Waals surface area contributed by atoms with E-state index in [9.17, 15) is 9.36 Å². The van der Waals surface area contributed by atoms with Crippen molar-refractivity contribution in [1.82, 2.24) is 9.76 Å². The molecule has 0 aromatic heterocycles. The Morgan fingerprint density at radius 2 is 1.94 bits per heavy atom. The van der Waals surface area contributed by atoms with Crippen LogP contribution < -0.4 is 5.09 Å². The standard InChI is InChI=1S/C10H21Cl2N2O3P/c1-2-6-13-18(16,17-10-3-9-15)14(7-4-11)8-5-12/h9H,2-8,10H2,1H3,(H,13,16). The summed E-state index contributed by atoms with van der Waals surface area (Å²) in [6.45, 7) is 3.50. The smallest absolute Gasteiger partial charge is 0.306 e. The first kappa shape index (κ1) is 18.4. The van der Waals surface area contributed by atoms with Crippen LogP contribution in [-0.4, -0.2) is 49.0 Å². The Labute approximate surface area is 119 Å². The second-order valence-corrected chi connectivity index (χ2v) is 6.49. The van der Waals surface area contributed by atoms with Crippen LogP contribution in [0.4, 0.5) is 0 Å². The van der Waals surface area contributed by atoms with Crippen molar-refractivity contribution in [2.24, 2.45) is 0 Å². The fourth-order valence-electron chi connectivity index (χ4n) is 1.28. The molecule has 0 aromatic carbocycles. The van der Waals surface area contributed by atoms with E-state index in [0.717, 1.165) is 12.7 Å². The summed E-state index contributed by atoms with van der Waals surface area (Å²) < 4.78 is 19.7. The molecule has 0 aliphatic rings. The van der Waals surface area contributed by atoms with Crippen LogP contribution in [0.3, 0.4) is 0 Å². The topological polar surface area (TPSA) is 58.6 Å². The molecule has 5 nitrogen and oxygen atoms in total. The zero-order valence-corrected chi connectivity index (χ0v) is 13.0. The number of hydrogen-bond donors (Lipinski definition) is 1. The Bertz CT molecular complexity index is 264. The van der Waals surface area contributed by atoms with Crippen LogP contribution in [0.5, 0.6) is 0 Å². The third-order valence-electron chi connectivity index (χ3n) is 2.12. The monoisotopic (exact) mass is 318 g/mol. The van der Waals surface area contributed by atoms with Crippen molar-refractivity contribution in [3.05, 3.63) is 0 Å². The van der Waals surface area contributed by atoms with Gasteiger partial charge in [0.2, 0.25) is 0 Å². The summed E-state index contributed by atoms with van der Waals surface area (Å²) in [5, 5.41) is 2.90. The molecule has 0 bridgehead atoms. The van der Waals surface area contributed by atoms with Crippen molar-refractivity contribution in [3.8, 4) is 0 Å². The van der Waals surface area contributed by atoms with E-state index in [4.69, 9.17) is 27.7 Å². The minimum atomic E-state index is -3.15. The molecule has 1 unspecified atom stereocenters. The summed E-state index contributed by atoms with van der Waals surface area (Å²) in [5.74, 6) is 0.678. The zero-order chi connectivity index (χ0) is 13.9. The lowest BCUT2D eigenvalue weighted by Gasteiger charge is -2.30. The highest BCUT2D eigenvalue weighted by molar-refractivity contribution is 7.54. The van der Waals surface area contributed by atoms with Gasteiger partial charge in [0.1, 0.15) is 6.29 Å². The molecular weight excluding hydrogens is 298 g/mol. The van der Waals surface area contributed by atoms with E-state index in [-0.39, 0.29) is 13.0 Å². The summed E-state index contributed by atoms with van der Waals surface area (Å²) in [5.41, 5.74) is 0. The fraction of sp³-hybridized carbons (Fsp3) is 0.900. The fourth-order valence-corrected chi connectivity index (χ4v) is 3.96. The minimum absolute atomic E-state index is 0.124. The molecule has 18 heavy (non-hydrogen) atoms. The van der Waals surface area contributed by atoms with E-state index in [2.05, 4.69) is 5.09 Å². The molecule has 0 saturated carbocycles. The van der Waals surface area contributed by atoms with Crippen LogP contribution in [0.1, 0.15) is 19.8 Å². The van der Waals surface area contributed by atoms with Crippen LogP contribution in [0.2, 0.25) is 0 Å². The Balaban J connectivity index is 4.65. The Kier molecular flexibility index (Phi) is 11.4. The Morgan fingerprint density at radius 1 is 1.33 bits per heavy atom. The van der Waals surface area contributed by atoms with Gasteiger partial charge in [0.05, 0.1) is 6.61 Å². The molecule has 0 amide bonds. The average molecular weight is 319 g/mol. The molecule has 108 valence electrons. The first-order valence-corrected chi connectivity index (χ1v) is 8.60. The van der Waals surface area contributed by atoms with E-state index in [1.807, 2.05) is 6.92 Å². The number of rotatable bonds is 12. The minimum Gasteiger partial charge on any atom is -0.306 e. The maximum absolute atomic E-state index is 12.7. The Morgan fingerprint density at radius 3 is 2.39 bits per heavy atom. The number of hydrogen-bond acceptors (Lipinski definition) is 3. The first-order valence-electron chi connectivity index (χ1n) is 5.95. The van der Waals surface area contributed by atoms with Crippen LogP contribution in [-0.2, 0) is 13.9 Å². The van der Waals surface area contributed by atoms with E-state index in [1.165, 1.54) is 0 Å². The van der Waals surface area contributed by atoms with Crippen LogP contribution in [0, 0.1) is 0 Å². The van der Waals surface area contributed by atoms with Crippen molar-refractivity contribution < 1.29 is 13.9 Å². The molecular formula is C10H21Cl2N2O3P. The van der Waals surface area contributed by atoms with Gasteiger partial charge in [-0.25, -0.2) is 9.76 Å². The normalized spacial score (nSPS) is 14.7. The van der Waals surface area contributed by atoms with Gasteiger partial charge in [-0.2, -0.15) is 0 Å². The Hall–Kier alpha value is 0.360. The van der Waals surface area contributed by atoms with Crippen molar-refractivity contribution in [3.63, 3.8) is 0 Å². The first-order chi connectivity index (χ1) is 8.64. The van der Waals surface area contributed by atoms with Gasteiger partial charge in [0.25, 0.3) is 0 Å². The largest absolute Gasteiger partial charge is 0.343 e. The molecule has 0 heterocycles. The van der Waals surface area contributed by atoms with Gasteiger partial charge in [-0.15, -0.1) is 23.2 Å². The van der Waals surface area contributed by atoms with Gasteiger partial charge < -0.3 is 9.32 Å². The van der Waals surface area contributed by atoms with Crippen LogP contribution in [0.15, 0.2) is 0 Å². The van der Waals surface area contributed by atoms with E-state index in [1.54, 1.807) is 4.67 Å². The highest BCUT2D eigenvalue weighted by atomic mass is 35.5. The molecule has 0 spiro atoms. The lowest BCUT2D eigenvalue weighted by atomic mass is 10.5. The number of alkyl halides is 2. The number of nitrogens with one attached hydrogen (secondary N) is 1. The summed E-state index contributed by atoms with van der Waals surface area (Å²) in [6, 6.07) is 0. The van der Waals surface area contributed by atoms with Crippen molar-refractivity contribution in [2.75, 3.05) is 38.0 Å². The number of carbonyl (C=O) groups is 1. The SMILES string of the molecule is CCCNP(=O)(OCCC=O)N(CCCl)CCCl. The van der Waals surface area contributed by atoms with Crippen molar-refractivity contribution >= 4 is 37.2 Å². The maximum Gasteiger partial charge on any atom is 0.343 e. The lowest BCUT2D eigenvalue weighted by Crippen LogP contribution is -2.33. The van der Waals surface area contributed by atoms with E-state index < -0.39 is 7.67 Å². The molecule has 0 saturated heterocycles. The van der Waals surface area contributed by atoms with E-state index >= 15 is 0 Å². The lowest BCUT2D eigenvalue weighted by molar-refractivity contribution is -0.108. The zero-order valence-electron chi connectivity index (χ0n) is 10.6. The molecule has 8 heteroatoms. The van der Waals surface area contributed by atoms with Crippen LogP contribution >= 0.6 is 30.9 Å². The predicted octanol–water partition coefficient (Wildman–Crippen LogP) is 2.48. The number of aldehydes is 1. The molecule has 0 fully saturated rings. The van der Waals surface area contributed by atoms with Gasteiger partial charge in [-0.1, -0.05) is 6.92 Å². The quantitative estimate of drug-likeness (QED) is 0.259. The van der Waals surface area contributed by atoms with Crippen molar-refractivity contribution in [2.45, 2.75) is 19.8 Å². The highest BCUT2D eigenvalue weighted by Gasteiger charge is 2.30. The predicted molar refractivity (Wildman–Crippen MR) is 75.5 cm³/mol. The van der Waals surface area contributed by atoms with Gasteiger partial charge in [-0.3, -0.25) is 4.57 Å². The third-order valence-corrected chi connectivity index (χ3v) is 4.76. The molecule has 0 aromatic rings. The highest BCUT2D eigenvalue weighted by Crippen LogP contribution is 2.46. The number of carbonyl (C=O) groups excluding carboxylic acids is 1. The maximum atomic E-state index is 12.7. The van der Waals surface area contributed by atoms with Gasteiger partial charge >= 0.3 is 7.67 Å². The third kappa shape index (κ3) is 7.07. The molecule has 0 radical (unpaired) electrons. The molecule has 0 aliphatic heterocycles. The van der Waals surface area contributed by atoms with Crippen molar-refractivity contribution in [1.29, 1.82) is 0 Å². The second kappa shape index (κ2) is 11.2. The summed E-state index contributed by atoms with van der Waals surface area (Å²) >= 11 is 11.4. The van der Waals surface area contributed by atoms with Crippen LogP contribution in [0.25, 0.3) is 0 Å². The second-order valence-electron chi connectivity index (χ2n) is 3.55. The molecule has 1 atom stereocenters. The number of halogens is 2. The van der Waals surface area contributed by atoms with E-state index in [0.29, 0.717) is 31.4 Å². The summed E-state index contributed by atoms with van der Waals surface area (Å²) in [4.78, 5) is 10.3. The van der Waals surface area contributed by atoms with Gasteiger partial charge in [0.15, 0.2) is 0 Å². The van der Waals surface area contributed by atoms with Gasteiger partial charge in [-0.05, 0) is 6.42 Å². The molecule has 1 N–H and O–H groups in total.